The van der Waals surface area contributed by atoms with E-state index in [0.717, 1.165) is 0 Å². The molecule has 0 aromatic heterocycles. The fourth-order valence-electron chi connectivity index (χ4n) is 3.05. The summed E-state index contributed by atoms with van der Waals surface area (Å²) in [7, 11) is 2.87. The third-order valence-electron chi connectivity index (χ3n) is 4.36. The smallest absolute Gasteiger partial charge is 0.250 e. The molecule has 140 valence electrons. The maximum atomic E-state index is 12.9. The number of carbonyl (C=O) groups excluding carboxylic acids is 3. The predicted molar refractivity (Wildman–Crippen MR) is 99.1 cm³/mol. The van der Waals surface area contributed by atoms with Crippen LogP contribution in [0.3, 0.4) is 0 Å². The molecule has 1 heterocycles. The van der Waals surface area contributed by atoms with Gasteiger partial charge in [-0.15, -0.1) is 0 Å². The number of hydrogen-bond acceptors (Lipinski definition) is 5. The van der Waals surface area contributed by atoms with Gasteiger partial charge in [0.15, 0.2) is 11.5 Å². The van der Waals surface area contributed by atoms with Crippen molar-refractivity contribution in [2.45, 2.75) is 12.3 Å². The summed E-state index contributed by atoms with van der Waals surface area (Å²) < 4.78 is 10.4. The number of fused-ring (bicyclic) bond motifs is 1. The van der Waals surface area contributed by atoms with Crippen molar-refractivity contribution in [3.8, 4) is 11.5 Å². The highest BCUT2D eigenvalue weighted by atomic mass is 16.5. The Morgan fingerprint density at radius 3 is 2.48 bits per heavy atom. The Kier molecular flexibility index (Phi) is 4.98. The number of nitrogens with one attached hydrogen (secondary N) is 2. The van der Waals surface area contributed by atoms with E-state index in [1.807, 2.05) is 0 Å². The van der Waals surface area contributed by atoms with E-state index in [1.165, 1.54) is 26.4 Å². The maximum Gasteiger partial charge on any atom is 0.250 e. The number of amides is 3. The van der Waals surface area contributed by atoms with Crippen molar-refractivity contribution >= 4 is 29.1 Å². The zero-order valence-electron chi connectivity index (χ0n) is 14.9. The van der Waals surface area contributed by atoms with Crippen molar-refractivity contribution in [2.24, 2.45) is 5.73 Å². The highest BCUT2D eigenvalue weighted by Gasteiger charge is 2.31. The second-order valence-electron chi connectivity index (χ2n) is 6.00. The van der Waals surface area contributed by atoms with Crippen molar-refractivity contribution < 1.29 is 23.9 Å². The first kappa shape index (κ1) is 18.2. The topological polar surface area (TPSA) is 120 Å². The van der Waals surface area contributed by atoms with Gasteiger partial charge in [-0.3, -0.25) is 14.4 Å². The number of methoxy groups -OCH3 is 2. The molecule has 4 N–H and O–H groups in total. The number of benzene rings is 2. The molecule has 1 aliphatic rings. The molecule has 0 saturated heterocycles. The predicted octanol–water partition coefficient (Wildman–Crippen LogP) is 1.87. The summed E-state index contributed by atoms with van der Waals surface area (Å²) >= 11 is 0. The minimum atomic E-state index is -0.729. The van der Waals surface area contributed by atoms with Crippen LogP contribution in [-0.2, 0) is 9.59 Å². The molecule has 2 aromatic rings. The summed E-state index contributed by atoms with van der Waals surface area (Å²) in [5, 5.41) is 5.44. The molecule has 1 unspecified atom stereocenters. The van der Waals surface area contributed by atoms with Crippen LogP contribution in [0.25, 0.3) is 0 Å². The van der Waals surface area contributed by atoms with Gasteiger partial charge in [0.2, 0.25) is 11.8 Å². The van der Waals surface area contributed by atoms with Gasteiger partial charge < -0.3 is 25.8 Å². The van der Waals surface area contributed by atoms with E-state index < -0.39 is 17.7 Å². The van der Waals surface area contributed by atoms with Gasteiger partial charge in [0.05, 0.1) is 31.4 Å². The van der Waals surface area contributed by atoms with Crippen LogP contribution >= 0.6 is 0 Å². The maximum absolute atomic E-state index is 12.9. The monoisotopic (exact) mass is 369 g/mol. The van der Waals surface area contributed by atoms with E-state index in [2.05, 4.69) is 10.6 Å². The van der Waals surface area contributed by atoms with E-state index in [1.54, 1.807) is 24.3 Å². The summed E-state index contributed by atoms with van der Waals surface area (Å²) in [6.45, 7) is 0. The quantitative estimate of drug-likeness (QED) is 0.743. The third kappa shape index (κ3) is 3.55. The van der Waals surface area contributed by atoms with Crippen molar-refractivity contribution in [1.29, 1.82) is 0 Å². The Labute approximate surface area is 155 Å². The summed E-state index contributed by atoms with van der Waals surface area (Å²) in [6, 6.07) is 9.95. The van der Waals surface area contributed by atoms with E-state index in [9.17, 15) is 14.4 Å². The second-order valence-corrected chi connectivity index (χ2v) is 6.00. The van der Waals surface area contributed by atoms with Gasteiger partial charge in [0, 0.05) is 18.2 Å². The molecule has 8 heteroatoms. The van der Waals surface area contributed by atoms with Crippen LogP contribution < -0.4 is 25.8 Å². The van der Waals surface area contributed by atoms with E-state index >= 15 is 0 Å². The number of hydrogen-bond donors (Lipinski definition) is 3. The summed E-state index contributed by atoms with van der Waals surface area (Å²) in [4.78, 5) is 36.6. The van der Waals surface area contributed by atoms with E-state index in [4.69, 9.17) is 15.2 Å². The average molecular weight is 369 g/mol. The molecule has 8 nitrogen and oxygen atoms in total. The van der Waals surface area contributed by atoms with Crippen LogP contribution in [0, 0.1) is 0 Å². The van der Waals surface area contributed by atoms with Gasteiger partial charge in [0.1, 0.15) is 0 Å². The Balaban J connectivity index is 1.97. The average Bonchev–Trinajstić information content (AvgIpc) is 2.66. The van der Waals surface area contributed by atoms with Crippen LogP contribution in [0.5, 0.6) is 11.5 Å². The molecular formula is C19H19N3O5. The molecule has 0 radical (unpaired) electrons. The lowest BCUT2D eigenvalue weighted by Gasteiger charge is -2.25. The van der Waals surface area contributed by atoms with Crippen molar-refractivity contribution in [1.82, 2.24) is 0 Å². The molecular weight excluding hydrogens is 350 g/mol. The number of anilines is 2. The van der Waals surface area contributed by atoms with Gasteiger partial charge in [-0.2, -0.15) is 0 Å². The van der Waals surface area contributed by atoms with Crippen molar-refractivity contribution in [3.05, 3.63) is 47.5 Å². The molecule has 0 aliphatic carbocycles. The first-order valence-electron chi connectivity index (χ1n) is 8.20. The molecule has 1 atom stereocenters. The van der Waals surface area contributed by atoms with Crippen LogP contribution in [0.2, 0.25) is 0 Å². The van der Waals surface area contributed by atoms with Gasteiger partial charge in [0.25, 0.3) is 5.91 Å². The first-order valence-corrected chi connectivity index (χ1v) is 8.20. The fraction of sp³-hybridized carbons (Fsp3) is 0.211. The Hall–Kier alpha value is -3.55. The van der Waals surface area contributed by atoms with Crippen molar-refractivity contribution in [3.63, 3.8) is 0 Å². The zero-order chi connectivity index (χ0) is 19.6. The van der Waals surface area contributed by atoms with Crippen LogP contribution in [0.15, 0.2) is 36.4 Å². The molecule has 1 aliphatic heterocycles. The van der Waals surface area contributed by atoms with Gasteiger partial charge in [-0.1, -0.05) is 18.2 Å². The van der Waals surface area contributed by atoms with Crippen molar-refractivity contribution in [2.75, 3.05) is 24.9 Å². The molecule has 3 rings (SSSR count). The summed E-state index contributed by atoms with van der Waals surface area (Å²) in [6.07, 6.45) is 0.00202. The SMILES string of the molecule is COc1cc(NC(=O)C2CC(=O)Nc3ccccc32)c(C(N)=O)cc1OC. The number of nitrogens with two attached hydrogens (primary N) is 1. The third-order valence-corrected chi connectivity index (χ3v) is 4.36. The lowest BCUT2D eigenvalue weighted by Crippen LogP contribution is -2.31. The van der Waals surface area contributed by atoms with Crippen LogP contribution in [0.1, 0.15) is 28.3 Å². The summed E-state index contributed by atoms with van der Waals surface area (Å²) in [5.74, 6) is -1.45. The lowest BCUT2D eigenvalue weighted by atomic mass is 9.89. The normalized spacial score (nSPS) is 15.3. The zero-order valence-corrected chi connectivity index (χ0v) is 14.9. The molecule has 2 aromatic carbocycles. The Bertz CT molecular complexity index is 926. The number of para-hydroxylation sites is 1. The number of primary amides is 1. The highest BCUT2D eigenvalue weighted by molar-refractivity contribution is 6.08. The van der Waals surface area contributed by atoms with Crippen LogP contribution in [-0.4, -0.2) is 31.9 Å². The summed E-state index contributed by atoms with van der Waals surface area (Å²) in [5.41, 5.74) is 7.00. The number of carbonyl (C=O) groups is 3. The molecule has 0 saturated carbocycles. The fourth-order valence-corrected chi connectivity index (χ4v) is 3.05. The number of ether oxygens (including phenoxy) is 2. The minimum Gasteiger partial charge on any atom is -0.493 e. The molecule has 27 heavy (non-hydrogen) atoms. The molecule has 3 amide bonds. The standard InChI is InChI=1S/C19H19N3O5/c1-26-15-7-12(18(20)24)14(9-16(15)27-2)22-19(25)11-8-17(23)21-13-6-4-3-5-10(11)13/h3-7,9,11H,8H2,1-2H3,(H2,20,24)(H,21,23)(H,22,25). The number of rotatable bonds is 5. The highest BCUT2D eigenvalue weighted by Crippen LogP contribution is 2.36. The molecule has 0 fully saturated rings. The Morgan fingerprint density at radius 1 is 1.15 bits per heavy atom. The van der Waals surface area contributed by atoms with E-state index in [0.29, 0.717) is 22.7 Å². The largest absolute Gasteiger partial charge is 0.493 e. The molecule has 0 bridgehead atoms. The van der Waals surface area contributed by atoms with Gasteiger partial charge in [-0.05, 0) is 17.7 Å². The molecule has 0 spiro atoms. The van der Waals surface area contributed by atoms with E-state index in [-0.39, 0.29) is 23.6 Å². The minimum absolute atomic E-state index is 0.00202. The Morgan fingerprint density at radius 2 is 1.81 bits per heavy atom. The van der Waals surface area contributed by atoms with Gasteiger partial charge >= 0.3 is 0 Å². The first-order chi connectivity index (χ1) is 12.9. The lowest BCUT2D eigenvalue weighted by molar-refractivity contribution is -0.123. The second kappa shape index (κ2) is 7.36. The van der Waals surface area contributed by atoms with Crippen LogP contribution in [0.4, 0.5) is 11.4 Å². The van der Waals surface area contributed by atoms with Gasteiger partial charge in [-0.25, -0.2) is 0 Å².